The second-order valence-corrected chi connectivity index (χ2v) is 5.25. The molecule has 2 aromatic rings. The molecule has 0 radical (unpaired) electrons. The van der Waals surface area contributed by atoms with E-state index in [1.807, 2.05) is 32.0 Å². The van der Waals surface area contributed by atoms with Crippen molar-refractivity contribution in [3.63, 3.8) is 0 Å². The zero-order valence-corrected chi connectivity index (χ0v) is 13.1. The van der Waals surface area contributed by atoms with Crippen LogP contribution in [0.4, 0.5) is 11.4 Å². The highest BCUT2D eigenvalue weighted by Crippen LogP contribution is 2.18. The van der Waals surface area contributed by atoms with Crippen molar-refractivity contribution in [1.29, 1.82) is 0 Å². The van der Waals surface area contributed by atoms with Crippen LogP contribution in [0, 0.1) is 13.8 Å². The van der Waals surface area contributed by atoms with Crippen molar-refractivity contribution < 1.29 is 9.59 Å². The summed E-state index contributed by atoms with van der Waals surface area (Å²) in [4.78, 5) is 23.6. The number of benzene rings is 2. The predicted octanol–water partition coefficient (Wildman–Crippen LogP) is 3.90. The maximum Gasteiger partial charge on any atom is 0.255 e. The van der Waals surface area contributed by atoms with Crippen molar-refractivity contribution in [2.45, 2.75) is 27.2 Å². The molecule has 114 valence electrons. The molecule has 4 heteroatoms. The van der Waals surface area contributed by atoms with Gasteiger partial charge < -0.3 is 10.6 Å². The number of aryl methyl sites for hydroxylation is 2. The average molecular weight is 296 g/mol. The van der Waals surface area contributed by atoms with E-state index in [-0.39, 0.29) is 11.8 Å². The van der Waals surface area contributed by atoms with E-state index < -0.39 is 0 Å². The molecule has 0 aromatic heterocycles. The second kappa shape index (κ2) is 6.89. The number of carbonyl (C=O) groups excluding carboxylic acids is 2. The fourth-order valence-electron chi connectivity index (χ4n) is 2.02. The van der Waals surface area contributed by atoms with Gasteiger partial charge in [-0.05, 0) is 55.3 Å². The molecular weight excluding hydrogens is 276 g/mol. The Labute approximate surface area is 130 Å². The van der Waals surface area contributed by atoms with Gasteiger partial charge in [0.25, 0.3) is 5.91 Å². The molecule has 4 nitrogen and oxygen atoms in total. The molecule has 0 atom stereocenters. The lowest BCUT2D eigenvalue weighted by Gasteiger charge is -2.10. The lowest BCUT2D eigenvalue weighted by molar-refractivity contribution is -0.115. The highest BCUT2D eigenvalue weighted by Gasteiger charge is 2.08. The van der Waals surface area contributed by atoms with E-state index in [1.54, 1.807) is 31.2 Å². The van der Waals surface area contributed by atoms with Crippen molar-refractivity contribution in [3.8, 4) is 0 Å². The summed E-state index contributed by atoms with van der Waals surface area (Å²) < 4.78 is 0. The number of hydrogen-bond donors (Lipinski definition) is 2. The first-order valence-electron chi connectivity index (χ1n) is 7.28. The number of rotatable bonds is 4. The number of anilines is 2. The highest BCUT2D eigenvalue weighted by atomic mass is 16.2. The Balaban J connectivity index is 2.09. The van der Waals surface area contributed by atoms with Crippen molar-refractivity contribution >= 4 is 23.2 Å². The first-order valence-corrected chi connectivity index (χ1v) is 7.28. The van der Waals surface area contributed by atoms with Crippen molar-refractivity contribution in [3.05, 3.63) is 59.2 Å². The van der Waals surface area contributed by atoms with Crippen LogP contribution in [0.3, 0.4) is 0 Å². The molecule has 0 heterocycles. The SMILES string of the molecule is CCC(=O)Nc1ccc(C(=O)Nc2cc(C)ccc2C)cc1. The van der Waals surface area contributed by atoms with E-state index in [1.165, 1.54) is 0 Å². The van der Waals surface area contributed by atoms with Gasteiger partial charge in [-0.1, -0.05) is 19.1 Å². The van der Waals surface area contributed by atoms with Crippen LogP contribution in [0.2, 0.25) is 0 Å². The number of hydrogen-bond acceptors (Lipinski definition) is 2. The van der Waals surface area contributed by atoms with Crippen LogP contribution in [0.25, 0.3) is 0 Å². The summed E-state index contributed by atoms with van der Waals surface area (Å²) >= 11 is 0. The molecule has 0 fully saturated rings. The smallest absolute Gasteiger partial charge is 0.255 e. The van der Waals surface area contributed by atoms with Gasteiger partial charge >= 0.3 is 0 Å². The zero-order valence-electron chi connectivity index (χ0n) is 13.1. The number of amides is 2. The third-order valence-corrected chi connectivity index (χ3v) is 3.39. The summed E-state index contributed by atoms with van der Waals surface area (Å²) in [6.45, 7) is 5.74. The van der Waals surface area contributed by atoms with E-state index in [0.717, 1.165) is 16.8 Å². The Hall–Kier alpha value is -2.62. The van der Waals surface area contributed by atoms with Crippen LogP contribution >= 0.6 is 0 Å². The van der Waals surface area contributed by atoms with E-state index in [2.05, 4.69) is 10.6 Å². The van der Waals surface area contributed by atoms with Crippen LogP contribution in [0.15, 0.2) is 42.5 Å². The Morgan fingerprint density at radius 1 is 0.955 bits per heavy atom. The Morgan fingerprint density at radius 3 is 2.27 bits per heavy atom. The topological polar surface area (TPSA) is 58.2 Å². The van der Waals surface area contributed by atoms with E-state index >= 15 is 0 Å². The van der Waals surface area contributed by atoms with E-state index in [9.17, 15) is 9.59 Å². The summed E-state index contributed by atoms with van der Waals surface area (Å²) in [6, 6.07) is 12.8. The lowest BCUT2D eigenvalue weighted by Crippen LogP contribution is -2.13. The van der Waals surface area contributed by atoms with Gasteiger partial charge in [0.05, 0.1) is 0 Å². The number of nitrogens with one attached hydrogen (secondary N) is 2. The molecule has 0 unspecified atom stereocenters. The molecule has 0 aliphatic heterocycles. The largest absolute Gasteiger partial charge is 0.326 e. The molecule has 22 heavy (non-hydrogen) atoms. The first-order chi connectivity index (χ1) is 10.5. The molecule has 0 saturated carbocycles. The van der Waals surface area contributed by atoms with E-state index in [0.29, 0.717) is 17.7 Å². The second-order valence-electron chi connectivity index (χ2n) is 5.25. The molecule has 2 rings (SSSR count). The summed E-state index contributed by atoms with van der Waals surface area (Å²) in [5, 5.41) is 5.67. The third-order valence-electron chi connectivity index (χ3n) is 3.39. The van der Waals surface area contributed by atoms with Gasteiger partial charge in [0.15, 0.2) is 0 Å². The van der Waals surface area contributed by atoms with Gasteiger partial charge in [0, 0.05) is 23.4 Å². The first kappa shape index (κ1) is 15.8. The normalized spacial score (nSPS) is 10.1. The van der Waals surface area contributed by atoms with Crippen molar-refractivity contribution in [2.24, 2.45) is 0 Å². The number of carbonyl (C=O) groups is 2. The minimum absolute atomic E-state index is 0.0485. The minimum Gasteiger partial charge on any atom is -0.326 e. The van der Waals surface area contributed by atoms with Gasteiger partial charge in [-0.15, -0.1) is 0 Å². The molecule has 0 saturated heterocycles. The van der Waals surface area contributed by atoms with Gasteiger partial charge in [-0.3, -0.25) is 9.59 Å². The molecule has 2 N–H and O–H groups in total. The fraction of sp³-hybridized carbons (Fsp3) is 0.222. The van der Waals surface area contributed by atoms with Crippen LogP contribution in [0.1, 0.15) is 34.8 Å². The van der Waals surface area contributed by atoms with Gasteiger partial charge in [-0.2, -0.15) is 0 Å². The fourth-order valence-corrected chi connectivity index (χ4v) is 2.02. The molecule has 0 aliphatic carbocycles. The highest BCUT2D eigenvalue weighted by molar-refractivity contribution is 6.05. The van der Waals surface area contributed by atoms with Gasteiger partial charge in [0.1, 0.15) is 0 Å². The zero-order chi connectivity index (χ0) is 16.1. The quantitative estimate of drug-likeness (QED) is 0.899. The average Bonchev–Trinajstić information content (AvgIpc) is 2.51. The van der Waals surface area contributed by atoms with Crippen LogP contribution in [0.5, 0.6) is 0 Å². The monoisotopic (exact) mass is 296 g/mol. The van der Waals surface area contributed by atoms with Crippen LogP contribution in [-0.4, -0.2) is 11.8 Å². The Bertz CT molecular complexity index is 691. The van der Waals surface area contributed by atoms with Gasteiger partial charge in [-0.25, -0.2) is 0 Å². The summed E-state index contributed by atoms with van der Waals surface area (Å²) in [6.07, 6.45) is 0.425. The van der Waals surface area contributed by atoms with Crippen molar-refractivity contribution in [1.82, 2.24) is 0 Å². The molecule has 0 spiro atoms. The lowest BCUT2D eigenvalue weighted by atomic mass is 10.1. The summed E-state index contributed by atoms with van der Waals surface area (Å²) in [5.74, 6) is -0.213. The van der Waals surface area contributed by atoms with E-state index in [4.69, 9.17) is 0 Å². The molecule has 0 aliphatic rings. The molecular formula is C18H20N2O2. The minimum atomic E-state index is -0.165. The van der Waals surface area contributed by atoms with Crippen LogP contribution < -0.4 is 10.6 Å². The van der Waals surface area contributed by atoms with Crippen LogP contribution in [-0.2, 0) is 4.79 Å². The Kier molecular flexibility index (Phi) is 4.94. The molecule has 2 amide bonds. The standard InChI is InChI=1S/C18H20N2O2/c1-4-17(21)19-15-9-7-14(8-10-15)18(22)20-16-11-12(2)5-6-13(16)3/h5-11H,4H2,1-3H3,(H,19,21)(H,20,22). The van der Waals surface area contributed by atoms with Crippen molar-refractivity contribution in [2.75, 3.05) is 10.6 Å². The summed E-state index contributed by atoms with van der Waals surface area (Å²) in [7, 11) is 0. The van der Waals surface area contributed by atoms with Gasteiger partial charge in [0.2, 0.25) is 5.91 Å². The predicted molar refractivity (Wildman–Crippen MR) is 89.2 cm³/mol. The Morgan fingerprint density at radius 2 is 1.64 bits per heavy atom. The third kappa shape index (κ3) is 3.95. The molecule has 0 bridgehead atoms. The molecule has 2 aromatic carbocycles. The summed E-state index contributed by atoms with van der Waals surface area (Å²) in [5.41, 5.74) is 4.17. The maximum atomic E-state index is 12.3. The maximum absolute atomic E-state index is 12.3.